The van der Waals surface area contributed by atoms with E-state index in [9.17, 15) is 13.2 Å². The quantitative estimate of drug-likeness (QED) is 0.869. The van der Waals surface area contributed by atoms with Gasteiger partial charge in [-0.05, 0) is 31.0 Å². The van der Waals surface area contributed by atoms with Crippen LogP contribution in [-0.4, -0.2) is 19.3 Å². The molecule has 0 amide bonds. The summed E-state index contributed by atoms with van der Waals surface area (Å²) in [5, 5.41) is 0. The molecular weight excluding hydrogens is 321 g/mol. The van der Waals surface area contributed by atoms with Crippen LogP contribution in [0.2, 0.25) is 0 Å². The number of nitrogens with two attached hydrogens (primary N) is 1. The van der Waals surface area contributed by atoms with Crippen LogP contribution in [0.1, 0.15) is 31.9 Å². The number of anilines is 1. The Morgan fingerprint density at radius 1 is 1.37 bits per heavy atom. The van der Waals surface area contributed by atoms with Crippen molar-refractivity contribution in [3.63, 3.8) is 0 Å². The molecule has 0 saturated heterocycles. The minimum Gasteiger partial charge on any atom is -0.363 e. The second kappa shape index (κ2) is 6.61. The van der Waals surface area contributed by atoms with E-state index in [-0.39, 0.29) is 6.04 Å². The van der Waals surface area contributed by atoms with Crippen LogP contribution in [0.15, 0.2) is 22.7 Å². The molecule has 0 aliphatic heterocycles. The summed E-state index contributed by atoms with van der Waals surface area (Å²) in [6.45, 7) is 3.11. The van der Waals surface area contributed by atoms with Gasteiger partial charge in [0.2, 0.25) is 0 Å². The van der Waals surface area contributed by atoms with E-state index in [0.29, 0.717) is 18.7 Å². The molecule has 108 valence electrons. The van der Waals surface area contributed by atoms with Crippen LogP contribution >= 0.6 is 15.9 Å². The molecule has 1 aromatic carbocycles. The van der Waals surface area contributed by atoms with Gasteiger partial charge in [0.1, 0.15) is 6.54 Å². The zero-order chi connectivity index (χ0) is 14.6. The summed E-state index contributed by atoms with van der Waals surface area (Å²) in [5.74, 6) is 0. The predicted molar refractivity (Wildman–Crippen MR) is 75.3 cm³/mol. The first-order valence-electron chi connectivity index (χ1n) is 6.11. The SMILES string of the molecule is CCCN(CC(F)(F)F)c1ccc([C@@H](C)N)c(Br)c1. The molecule has 0 radical (unpaired) electrons. The summed E-state index contributed by atoms with van der Waals surface area (Å²) >= 11 is 3.36. The summed E-state index contributed by atoms with van der Waals surface area (Å²) in [6.07, 6.45) is -3.55. The Morgan fingerprint density at radius 3 is 2.42 bits per heavy atom. The third-order valence-electron chi connectivity index (χ3n) is 2.70. The Hall–Kier alpha value is -0.750. The van der Waals surface area contributed by atoms with Crippen molar-refractivity contribution in [3.05, 3.63) is 28.2 Å². The van der Waals surface area contributed by atoms with E-state index in [1.165, 1.54) is 4.90 Å². The third kappa shape index (κ3) is 5.03. The van der Waals surface area contributed by atoms with Gasteiger partial charge in [-0.1, -0.05) is 28.9 Å². The average Bonchev–Trinajstić information content (AvgIpc) is 2.26. The molecular formula is C13H18BrF3N2. The largest absolute Gasteiger partial charge is 0.405 e. The van der Waals surface area contributed by atoms with Crippen molar-refractivity contribution in [2.24, 2.45) is 5.73 Å². The fraction of sp³-hybridized carbons (Fsp3) is 0.538. The van der Waals surface area contributed by atoms with Gasteiger partial charge in [-0.15, -0.1) is 0 Å². The molecule has 19 heavy (non-hydrogen) atoms. The van der Waals surface area contributed by atoms with Gasteiger partial charge in [-0.2, -0.15) is 13.2 Å². The zero-order valence-electron chi connectivity index (χ0n) is 11.0. The van der Waals surface area contributed by atoms with E-state index in [4.69, 9.17) is 5.73 Å². The molecule has 0 heterocycles. The normalized spacial score (nSPS) is 13.4. The highest BCUT2D eigenvalue weighted by atomic mass is 79.9. The molecule has 1 atom stereocenters. The molecule has 0 fully saturated rings. The first-order chi connectivity index (χ1) is 8.74. The second-order valence-electron chi connectivity index (χ2n) is 4.53. The van der Waals surface area contributed by atoms with E-state index < -0.39 is 12.7 Å². The van der Waals surface area contributed by atoms with Gasteiger partial charge in [0, 0.05) is 22.7 Å². The monoisotopic (exact) mass is 338 g/mol. The van der Waals surface area contributed by atoms with Gasteiger partial charge >= 0.3 is 6.18 Å². The zero-order valence-corrected chi connectivity index (χ0v) is 12.6. The number of hydrogen-bond acceptors (Lipinski definition) is 2. The lowest BCUT2D eigenvalue weighted by molar-refractivity contribution is -0.119. The Bertz CT molecular complexity index is 419. The van der Waals surface area contributed by atoms with Crippen LogP contribution in [0.25, 0.3) is 0 Å². The highest BCUT2D eigenvalue weighted by Gasteiger charge is 2.30. The van der Waals surface area contributed by atoms with Crippen molar-refractivity contribution in [1.29, 1.82) is 0 Å². The first-order valence-corrected chi connectivity index (χ1v) is 6.90. The molecule has 0 unspecified atom stereocenters. The minimum absolute atomic E-state index is 0.161. The number of nitrogens with zero attached hydrogens (tertiary/aromatic N) is 1. The molecule has 0 saturated carbocycles. The molecule has 0 bridgehead atoms. The van der Waals surface area contributed by atoms with Crippen molar-refractivity contribution < 1.29 is 13.2 Å². The lowest BCUT2D eigenvalue weighted by atomic mass is 10.1. The van der Waals surface area contributed by atoms with E-state index in [2.05, 4.69) is 15.9 Å². The number of hydrogen-bond donors (Lipinski definition) is 1. The van der Waals surface area contributed by atoms with Gasteiger partial charge < -0.3 is 10.6 Å². The molecule has 0 aliphatic carbocycles. The lowest BCUT2D eigenvalue weighted by Gasteiger charge is -2.26. The lowest BCUT2D eigenvalue weighted by Crippen LogP contribution is -2.34. The maximum absolute atomic E-state index is 12.5. The van der Waals surface area contributed by atoms with Crippen LogP contribution in [0.5, 0.6) is 0 Å². The Kier molecular flexibility index (Phi) is 5.67. The highest BCUT2D eigenvalue weighted by Crippen LogP contribution is 2.29. The molecule has 0 spiro atoms. The Labute approximate surface area is 119 Å². The maximum Gasteiger partial charge on any atom is 0.405 e. The van der Waals surface area contributed by atoms with Crippen LogP contribution < -0.4 is 10.6 Å². The van der Waals surface area contributed by atoms with Gasteiger partial charge in [-0.25, -0.2) is 0 Å². The van der Waals surface area contributed by atoms with Crippen molar-refractivity contribution in [2.45, 2.75) is 32.5 Å². The smallest absolute Gasteiger partial charge is 0.363 e. The molecule has 2 nitrogen and oxygen atoms in total. The summed E-state index contributed by atoms with van der Waals surface area (Å²) in [5.41, 5.74) is 7.21. The minimum atomic E-state index is -4.21. The topological polar surface area (TPSA) is 29.3 Å². The first kappa shape index (κ1) is 16.3. The highest BCUT2D eigenvalue weighted by molar-refractivity contribution is 9.10. The molecule has 0 aromatic heterocycles. The standard InChI is InChI=1S/C13H18BrF3N2/c1-3-6-19(8-13(15,16)17)10-4-5-11(9(2)18)12(14)7-10/h4-5,7,9H,3,6,8,18H2,1-2H3/t9-/m1/s1. The van der Waals surface area contributed by atoms with Gasteiger partial charge in [0.25, 0.3) is 0 Å². The van der Waals surface area contributed by atoms with Crippen molar-refractivity contribution >= 4 is 21.6 Å². The third-order valence-corrected chi connectivity index (χ3v) is 3.39. The Morgan fingerprint density at radius 2 is 2.00 bits per heavy atom. The van der Waals surface area contributed by atoms with Gasteiger partial charge in [0.15, 0.2) is 0 Å². The predicted octanol–water partition coefficient (Wildman–Crippen LogP) is 4.25. The fourth-order valence-electron chi connectivity index (χ4n) is 1.87. The van der Waals surface area contributed by atoms with Gasteiger partial charge in [0.05, 0.1) is 0 Å². The van der Waals surface area contributed by atoms with Crippen LogP contribution in [0.4, 0.5) is 18.9 Å². The van der Waals surface area contributed by atoms with E-state index in [0.717, 1.165) is 10.0 Å². The van der Waals surface area contributed by atoms with Crippen molar-refractivity contribution in [2.75, 3.05) is 18.0 Å². The molecule has 1 aromatic rings. The Balaban J connectivity index is 3.00. The molecule has 0 aliphatic rings. The average molecular weight is 339 g/mol. The number of alkyl halides is 3. The molecule has 6 heteroatoms. The number of rotatable bonds is 5. The van der Waals surface area contributed by atoms with Crippen LogP contribution in [0.3, 0.4) is 0 Å². The summed E-state index contributed by atoms with van der Waals surface area (Å²) in [6, 6.07) is 4.99. The number of halogens is 4. The van der Waals surface area contributed by atoms with Crippen molar-refractivity contribution in [3.8, 4) is 0 Å². The van der Waals surface area contributed by atoms with Crippen molar-refractivity contribution in [1.82, 2.24) is 0 Å². The van der Waals surface area contributed by atoms with Gasteiger partial charge in [-0.3, -0.25) is 0 Å². The van der Waals surface area contributed by atoms with E-state index in [1.807, 2.05) is 13.8 Å². The van der Waals surface area contributed by atoms with Crippen LogP contribution in [0, 0.1) is 0 Å². The molecule has 1 rings (SSSR count). The second-order valence-corrected chi connectivity index (χ2v) is 5.39. The summed E-state index contributed by atoms with van der Waals surface area (Å²) in [4.78, 5) is 1.33. The summed E-state index contributed by atoms with van der Waals surface area (Å²) < 4.78 is 38.4. The van der Waals surface area contributed by atoms with E-state index in [1.54, 1.807) is 18.2 Å². The number of benzene rings is 1. The maximum atomic E-state index is 12.5. The van der Waals surface area contributed by atoms with E-state index >= 15 is 0 Å². The van der Waals surface area contributed by atoms with Crippen LogP contribution in [-0.2, 0) is 0 Å². The fourth-order valence-corrected chi connectivity index (χ4v) is 2.60. The summed E-state index contributed by atoms with van der Waals surface area (Å²) in [7, 11) is 0. The molecule has 2 N–H and O–H groups in total.